The average Bonchev–Trinajstić information content (AvgIpc) is 2.79. The molecule has 1 fully saturated rings. The molecule has 0 bridgehead atoms. The molecular weight excluding hydrogens is 216 g/mol. The first-order chi connectivity index (χ1) is 8.15. The van der Waals surface area contributed by atoms with Crippen molar-refractivity contribution < 1.29 is 4.74 Å². The van der Waals surface area contributed by atoms with Gasteiger partial charge in [-0.25, -0.2) is 0 Å². The quantitative estimate of drug-likeness (QED) is 0.858. The van der Waals surface area contributed by atoms with E-state index in [9.17, 15) is 0 Å². The van der Waals surface area contributed by atoms with Crippen molar-refractivity contribution in [1.82, 2.24) is 14.8 Å². The lowest BCUT2D eigenvalue weighted by Crippen LogP contribution is -2.42. The number of nitrogens with zero attached hydrogens (tertiary/aromatic N) is 3. The van der Waals surface area contributed by atoms with Crippen LogP contribution >= 0.6 is 0 Å². The van der Waals surface area contributed by atoms with Crippen molar-refractivity contribution >= 4 is 0 Å². The minimum Gasteiger partial charge on any atom is -0.383 e. The van der Waals surface area contributed by atoms with Crippen LogP contribution in [-0.4, -0.2) is 28.5 Å². The molecule has 2 rings (SSSR count). The second-order valence-electron chi connectivity index (χ2n) is 5.18. The van der Waals surface area contributed by atoms with Crippen molar-refractivity contribution in [2.45, 2.75) is 44.7 Å². The van der Waals surface area contributed by atoms with Crippen LogP contribution in [0.15, 0.2) is 6.33 Å². The molecule has 1 aromatic heterocycles. The third-order valence-corrected chi connectivity index (χ3v) is 3.76. The minimum absolute atomic E-state index is 0.295. The molecule has 5 nitrogen and oxygen atoms in total. The number of hydrogen-bond acceptors (Lipinski definition) is 4. The van der Waals surface area contributed by atoms with E-state index in [4.69, 9.17) is 10.5 Å². The summed E-state index contributed by atoms with van der Waals surface area (Å²) in [5, 5.41) is 8.21. The molecule has 1 aliphatic rings. The van der Waals surface area contributed by atoms with E-state index in [-0.39, 0.29) is 5.54 Å². The fourth-order valence-electron chi connectivity index (χ4n) is 2.49. The molecule has 1 heterocycles. The van der Waals surface area contributed by atoms with E-state index in [0.29, 0.717) is 6.61 Å². The van der Waals surface area contributed by atoms with Gasteiger partial charge in [0.05, 0.1) is 12.1 Å². The first-order valence-electron chi connectivity index (χ1n) is 6.32. The topological polar surface area (TPSA) is 66.0 Å². The number of hydrogen-bond donors (Lipinski definition) is 1. The van der Waals surface area contributed by atoms with Crippen LogP contribution in [0, 0.1) is 5.92 Å². The first kappa shape index (κ1) is 12.5. The predicted molar refractivity (Wildman–Crippen MR) is 65.4 cm³/mol. The van der Waals surface area contributed by atoms with Crippen LogP contribution in [0.5, 0.6) is 0 Å². The van der Waals surface area contributed by atoms with Gasteiger partial charge < -0.3 is 15.0 Å². The van der Waals surface area contributed by atoms with Gasteiger partial charge in [-0.3, -0.25) is 0 Å². The van der Waals surface area contributed by atoms with Crippen molar-refractivity contribution in [3.8, 4) is 0 Å². The van der Waals surface area contributed by atoms with Crippen molar-refractivity contribution in [3.05, 3.63) is 12.2 Å². The summed E-state index contributed by atoms with van der Waals surface area (Å²) in [6.45, 7) is 3.72. The Labute approximate surface area is 102 Å². The molecule has 0 radical (unpaired) electrons. The van der Waals surface area contributed by atoms with Crippen LogP contribution in [0.3, 0.4) is 0 Å². The summed E-state index contributed by atoms with van der Waals surface area (Å²) in [6.07, 6.45) is 6.10. The fourth-order valence-corrected chi connectivity index (χ4v) is 2.49. The van der Waals surface area contributed by atoms with Crippen LogP contribution in [0.2, 0.25) is 0 Å². The molecule has 0 aliphatic heterocycles. The summed E-state index contributed by atoms with van der Waals surface area (Å²) in [7, 11) is 1.70. The molecule has 1 saturated carbocycles. The molecular formula is C12H22N4O. The first-order valence-corrected chi connectivity index (χ1v) is 6.32. The third kappa shape index (κ3) is 2.66. The Morgan fingerprint density at radius 1 is 1.53 bits per heavy atom. The van der Waals surface area contributed by atoms with Crippen molar-refractivity contribution in [3.63, 3.8) is 0 Å². The lowest BCUT2D eigenvalue weighted by Gasteiger charge is -2.35. The van der Waals surface area contributed by atoms with E-state index in [0.717, 1.165) is 31.1 Å². The number of aromatic nitrogens is 3. The summed E-state index contributed by atoms with van der Waals surface area (Å²) < 4.78 is 7.12. The Hall–Kier alpha value is -0.940. The minimum atomic E-state index is -0.295. The van der Waals surface area contributed by atoms with E-state index in [1.165, 1.54) is 12.8 Å². The molecule has 2 N–H and O–H groups in total. The number of rotatable bonds is 4. The largest absolute Gasteiger partial charge is 0.383 e. The smallest absolute Gasteiger partial charge is 0.153 e. The Morgan fingerprint density at radius 2 is 2.24 bits per heavy atom. The molecule has 1 aliphatic carbocycles. The second kappa shape index (κ2) is 5.14. The summed E-state index contributed by atoms with van der Waals surface area (Å²) >= 11 is 0. The highest BCUT2D eigenvalue weighted by Crippen LogP contribution is 2.36. The van der Waals surface area contributed by atoms with Gasteiger partial charge >= 0.3 is 0 Å². The van der Waals surface area contributed by atoms with Gasteiger partial charge in [0.2, 0.25) is 0 Å². The van der Waals surface area contributed by atoms with Gasteiger partial charge in [0, 0.05) is 13.7 Å². The molecule has 0 aromatic carbocycles. The lowest BCUT2D eigenvalue weighted by molar-refractivity contribution is 0.179. The Bertz CT molecular complexity index is 355. The summed E-state index contributed by atoms with van der Waals surface area (Å²) in [5.74, 6) is 1.70. The molecule has 0 unspecified atom stereocenters. The maximum absolute atomic E-state index is 6.50. The van der Waals surface area contributed by atoms with Gasteiger partial charge in [-0.1, -0.05) is 6.92 Å². The zero-order valence-electron chi connectivity index (χ0n) is 10.7. The fraction of sp³-hybridized carbons (Fsp3) is 0.833. The molecule has 0 atom stereocenters. The summed E-state index contributed by atoms with van der Waals surface area (Å²) in [5.41, 5.74) is 6.20. The maximum atomic E-state index is 6.50. The normalized spacial score (nSPS) is 29.5. The van der Waals surface area contributed by atoms with Crippen LogP contribution in [0.1, 0.15) is 38.4 Å². The van der Waals surface area contributed by atoms with Gasteiger partial charge in [-0.05, 0) is 31.6 Å². The van der Waals surface area contributed by atoms with Crippen LogP contribution < -0.4 is 5.73 Å². The van der Waals surface area contributed by atoms with Crippen LogP contribution in [-0.2, 0) is 16.8 Å². The van der Waals surface area contributed by atoms with E-state index >= 15 is 0 Å². The second-order valence-corrected chi connectivity index (χ2v) is 5.18. The third-order valence-electron chi connectivity index (χ3n) is 3.76. The zero-order chi connectivity index (χ0) is 12.3. The monoisotopic (exact) mass is 238 g/mol. The van der Waals surface area contributed by atoms with E-state index in [1.807, 2.05) is 4.57 Å². The van der Waals surface area contributed by atoms with Gasteiger partial charge in [-0.2, -0.15) is 0 Å². The predicted octanol–water partition coefficient (Wildman–Crippen LogP) is 1.29. The van der Waals surface area contributed by atoms with Crippen molar-refractivity contribution in [2.24, 2.45) is 11.7 Å². The standard InChI is InChI=1S/C12H22N4O/c1-10-3-5-12(13,6-4-10)11-15-14-9-16(11)7-8-17-2/h9-10H,3-8,13H2,1-2H3. The van der Waals surface area contributed by atoms with E-state index in [2.05, 4.69) is 17.1 Å². The molecule has 17 heavy (non-hydrogen) atoms. The number of nitrogens with two attached hydrogens (primary N) is 1. The van der Waals surface area contributed by atoms with Gasteiger partial charge in [-0.15, -0.1) is 10.2 Å². The molecule has 0 spiro atoms. The SMILES string of the molecule is COCCn1cnnc1C1(N)CCC(C)CC1. The Kier molecular flexibility index (Phi) is 3.79. The van der Waals surface area contributed by atoms with Crippen molar-refractivity contribution in [1.29, 1.82) is 0 Å². The number of ether oxygens (including phenoxy) is 1. The van der Waals surface area contributed by atoms with Gasteiger partial charge in [0.15, 0.2) is 5.82 Å². The highest BCUT2D eigenvalue weighted by atomic mass is 16.5. The van der Waals surface area contributed by atoms with Crippen LogP contribution in [0.4, 0.5) is 0 Å². The molecule has 0 amide bonds. The highest BCUT2D eigenvalue weighted by molar-refractivity contribution is 5.07. The molecule has 96 valence electrons. The molecule has 1 aromatic rings. The summed E-state index contributed by atoms with van der Waals surface area (Å²) in [6, 6.07) is 0. The Morgan fingerprint density at radius 3 is 2.88 bits per heavy atom. The zero-order valence-corrected chi connectivity index (χ0v) is 10.7. The van der Waals surface area contributed by atoms with Crippen molar-refractivity contribution in [2.75, 3.05) is 13.7 Å². The lowest BCUT2D eigenvalue weighted by atomic mass is 9.77. The number of methoxy groups -OCH3 is 1. The highest BCUT2D eigenvalue weighted by Gasteiger charge is 2.35. The van der Waals surface area contributed by atoms with Gasteiger partial charge in [0.25, 0.3) is 0 Å². The summed E-state index contributed by atoms with van der Waals surface area (Å²) in [4.78, 5) is 0. The van der Waals surface area contributed by atoms with Gasteiger partial charge in [0.1, 0.15) is 6.33 Å². The maximum Gasteiger partial charge on any atom is 0.153 e. The van der Waals surface area contributed by atoms with Crippen LogP contribution in [0.25, 0.3) is 0 Å². The van der Waals surface area contributed by atoms with E-state index < -0.39 is 0 Å². The molecule has 5 heteroatoms. The molecule has 0 saturated heterocycles. The Balaban J connectivity index is 2.12. The van der Waals surface area contributed by atoms with E-state index in [1.54, 1.807) is 13.4 Å². The average molecular weight is 238 g/mol.